The zero-order valence-electron chi connectivity index (χ0n) is 20.4. The third kappa shape index (κ3) is 5.65. The minimum Gasteiger partial charge on any atom is -0.497 e. The molecule has 1 fully saturated rings. The van der Waals surface area contributed by atoms with Crippen LogP contribution in [0.15, 0.2) is 60.9 Å². The van der Waals surface area contributed by atoms with Gasteiger partial charge in [0.1, 0.15) is 11.5 Å². The van der Waals surface area contributed by atoms with E-state index in [2.05, 4.69) is 10.4 Å². The van der Waals surface area contributed by atoms with Crippen molar-refractivity contribution in [2.75, 3.05) is 25.7 Å². The van der Waals surface area contributed by atoms with E-state index in [1.54, 1.807) is 23.8 Å². The van der Waals surface area contributed by atoms with E-state index in [1.807, 2.05) is 68.0 Å². The predicted octanol–water partition coefficient (Wildman–Crippen LogP) is 3.67. The number of nitrogens with zero attached hydrogens (tertiary/aromatic N) is 3. The Labute approximate surface area is 205 Å². The highest BCUT2D eigenvalue weighted by Gasteiger charge is 2.41. The summed E-state index contributed by atoms with van der Waals surface area (Å²) >= 11 is 0. The maximum absolute atomic E-state index is 13.4. The van der Waals surface area contributed by atoms with Crippen molar-refractivity contribution in [1.82, 2.24) is 15.1 Å². The fourth-order valence-corrected chi connectivity index (χ4v) is 4.63. The highest BCUT2D eigenvalue weighted by molar-refractivity contribution is 5.97. The summed E-state index contributed by atoms with van der Waals surface area (Å²) in [4.78, 5) is 28.3. The second-order valence-corrected chi connectivity index (χ2v) is 8.74. The number of aromatic nitrogens is 2. The lowest BCUT2D eigenvalue weighted by Gasteiger charge is -2.41. The number of anilines is 1. The molecule has 0 aliphatic carbocycles. The van der Waals surface area contributed by atoms with Gasteiger partial charge in [-0.2, -0.15) is 5.10 Å². The van der Waals surface area contributed by atoms with E-state index in [4.69, 9.17) is 9.47 Å². The van der Waals surface area contributed by atoms with Crippen LogP contribution in [0.1, 0.15) is 36.4 Å². The first-order valence-corrected chi connectivity index (χ1v) is 11.9. The first kappa shape index (κ1) is 24.3. The molecule has 0 bridgehead atoms. The Bertz CT molecular complexity index is 1140. The molecule has 2 aromatic carbocycles. The summed E-state index contributed by atoms with van der Waals surface area (Å²) in [5.74, 6) is 1.02. The van der Waals surface area contributed by atoms with Crippen LogP contribution in [0.5, 0.6) is 11.5 Å². The molecule has 2 unspecified atom stereocenters. The van der Waals surface area contributed by atoms with Crippen molar-refractivity contribution < 1.29 is 19.1 Å². The van der Waals surface area contributed by atoms with Gasteiger partial charge in [-0.05, 0) is 66.8 Å². The van der Waals surface area contributed by atoms with Crippen LogP contribution < -0.4 is 19.7 Å². The molecular formula is C27H32N4O4. The van der Waals surface area contributed by atoms with E-state index < -0.39 is 6.04 Å². The maximum atomic E-state index is 13.4. The molecule has 2 heterocycles. The fourth-order valence-electron chi connectivity index (χ4n) is 4.63. The number of amides is 2. The van der Waals surface area contributed by atoms with E-state index >= 15 is 0 Å². The second kappa shape index (κ2) is 11.1. The first-order chi connectivity index (χ1) is 17.0. The van der Waals surface area contributed by atoms with Gasteiger partial charge in [-0.3, -0.25) is 14.3 Å². The standard InChI is InChI=1S/C27H32N4O4/c1-30-18-19(17-29-30)5-4-16-28-27(33)24-14-15-25(32)31(21-8-12-23(35-3)13-9-21)26(24)20-6-10-22(34-2)11-7-20/h6-13,17-18,24,26H,4-5,14-16H2,1-3H3,(H,28,33). The zero-order chi connectivity index (χ0) is 24.8. The summed E-state index contributed by atoms with van der Waals surface area (Å²) in [5.41, 5.74) is 2.78. The van der Waals surface area contributed by atoms with Crippen LogP contribution in [0.3, 0.4) is 0 Å². The Kier molecular flexibility index (Phi) is 7.70. The zero-order valence-corrected chi connectivity index (χ0v) is 20.4. The summed E-state index contributed by atoms with van der Waals surface area (Å²) in [6.45, 7) is 0.566. The molecule has 0 saturated carbocycles. The van der Waals surface area contributed by atoms with Gasteiger partial charge in [0.05, 0.1) is 32.4 Å². The lowest BCUT2D eigenvalue weighted by atomic mass is 9.83. The van der Waals surface area contributed by atoms with Crippen LogP contribution in [0, 0.1) is 5.92 Å². The van der Waals surface area contributed by atoms with Crippen molar-refractivity contribution in [2.45, 2.75) is 31.7 Å². The average molecular weight is 477 g/mol. The number of nitrogens with one attached hydrogen (secondary N) is 1. The van der Waals surface area contributed by atoms with Crippen molar-refractivity contribution in [3.63, 3.8) is 0 Å². The molecule has 2 amide bonds. The van der Waals surface area contributed by atoms with Crippen LogP contribution in [-0.2, 0) is 23.1 Å². The topological polar surface area (TPSA) is 85.7 Å². The Morgan fingerprint density at radius 1 is 1.06 bits per heavy atom. The molecule has 4 rings (SSSR count). The maximum Gasteiger partial charge on any atom is 0.227 e. The van der Waals surface area contributed by atoms with E-state index in [9.17, 15) is 9.59 Å². The van der Waals surface area contributed by atoms with Gasteiger partial charge in [-0.25, -0.2) is 0 Å². The van der Waals surface area contributed by atoms with Crippen LogP contribution in [0.4, 0.5) is 5.69 Å². The number of aryl methyl sites for hydroxylation is 2. The normalized spacial score (nSPS) is 17.8. The molecule has 1 aliphatic rings. The monoisotopic (exact) mass is 476 g/mol. The van der Waals surface area contributed by atoms with Gasteiger partial charge in [0.25, 0.3) is 0 Å². The Morgan fingerprint density at radius 3 is 2.31 bits per heavy atom. The van der Waals surface area contributed by atoms with E-state index in [1.165, 1.54) is 0 Å². The van der Waals surface area contributed by atoms with Gasteiger partial charge in [0.2, 0.25) is 11.8 Å². The number of hydrogen-bond acceptors (Lipinski definition) is 5. The van der Waals surface area contributed by atoms with Gasteiger partial charge in [-0.15, -0.1) is 0 Å². The number of methoxy groups -OCH3 is 2. The molecule has 184 valence electrons. The molecule has 0 spiro atoms. The van der Waals surface area contributed by atoms with Gasteiger partial charge >= 0.3 is 0 Å². The van der Waals surface area contributed by atoms with E-state index in [0.717, 1.165) is 35.4 Å². The number of carbonyl (C=O) groups is 2. The van der Waals surface area contributed by atoms with Crippen LogP contribution in [-0.4, -0.2) is 42.4 Å². The minimum absolute atomic E-state index is 0.00314. The lowest BCUT2D eigenvalue weighted by Crippen LogP contribution is -2.48. The lowest BCUT2D eigenvalue weighted by molar-refractivity contribution is -0.129. The predicted molar refractivity (Wildman–Crippen MR) is 133 cm³/mol. The van der Waals surface area contributed by atoms with Gasteiger partial charge < -0.3 is 19.7 Å². The summed E-state index contributed by atoms with van der Waals surface area (Å²) < 4.78 is 12.4. The van der Waals surface area contributed by atoms with Gasteiger partial charge in [0.15, 0.2) is 0 Å². The first-order valence-electron chi connectivity index (χ1n) is 11.9. The average Bonchev–Trinajstić information content (AvgIpc) is 3.31. The number of benzene rings is 2. The van der Waals surface area contributed by atoms with Gasteiger partial charge in [-0.1, -0.05) is 12.1 Å². The Morgan fingerprint density at radius 2 is 1.71 bits per heavy atom. The Hall–Kier alpha value is -3.81. The number of carbonyl (C=O) groups excluding carboxylic acids is 2. The smallest absolute Gasteiger partial charge is 0.227 e. The quantitative estimate of drug-likeness (QED) is 0.477. The molecule has 1 N–H and O–H groups in total. The molecule has 1 aromatic heterocycles. The SMILES string of the molecule is COc1ccc(C2C(C(=O)NCCCc3cnn(C)c3)CCC(=O)N2c2ccc(OC)cc2)cc1. The molecule has 35 heavy (non-hydrogen) atoms. The van der Waals surface area contributed by atoms with E-state index in [0.29, 0.717) is 25.1 Å². The minimum atomic E-state index is -0.422. The van der Waals surface area contributed by atoms with Crippen LogP contribution in [0.2, 0.25) is 0 Å². The molecule has 1 saturated heterocycles. The Balaban J connectivity index is 1.55. The molecule has 8 heteroatoms. The molecular weight excluding hydrogens is 444 g/mol. The number of hydrogen-bond donors (Lipinski definition) is 1. The molecule has 0 radical (unpaired) electrons. The molecule has 2 atom stereocenters. The molecule has 1 aliphatic heterocycles. The number of piperidine rings is 1. The highest BCUT2D eigenvalue weighted by Crippen LogP contribution is 2.40. The molecule has 8 nitrogen and oxygen atoms in total. The number of ether oxygens (including phenoxy) is 2. The summed E-state index contributed by atoms with van der Waals surface area (Å²) in [6, 6.07) is 14.6. The molecule has 3 aromatic rings. The highest BCUT2D eigenvalue weighted by atomic mass is 16.5. The summed E-state index contributed by atoms with van der Waals surface area (Å²) in [6.07, 6.45) is 6.31. The van der Waals surface area contributed by atoms with E-state index in [-0.39, 0.29) is 17.7 Å². The third-order valence-electron chi connectivity index (χ3n) is 6.44. The van der Waals surface area contributed by atoms with Crippen molar-refractivity contribution in [3.8, 4) is 11.5 Å². The fraction of sp³-hybridized carbons (Fsp3) is 0.370. The number of rotatable bonds is 9. The van der Waals surface area contributed by atoms with Crippen molar-refractivity contribution in [3.05, 3.63) is 72.1 Å². The van der Waals surface area contributed by atoms with Crippen molar-refractivity contribution >= 4 is 17.5 Å². The van der Waals surface area contributed by atoms with Crippen molar-refractivity contribution in [2.24, 2.45) is 13.0 Å². The second-order valence-electron chi connectivity index (χ2n) is 8.74. The van der Waals surface area contributed by atoms with Crippen LogP contribution >= 0.6 is 0 Å². The van der Waals surface area contributed by atoms with Crippen molar-refractivity contribution in [1.29, 1.82) is 0 Å². The summed E-state index contributed by atoms with van der Waals surface area (Å²) in [5, 5.41) is 7.30. The summed E-state index contributed by atoms with van der Waals surface area (Å²) in [7, 11) is 5.12. The van der Waals surface area contributed by atoms with Crippen LogP contribution in [0.25, 0.3) is 0 Å². The van der Waals surface area contributed by atoms with Gasteiger partial charge in [0, 0.05) is 31.9 Å². The largest absolute Gasteiger partial charge is 0.497 e. The third-order valence-corrected chi connectivity index (χ3v) is 6.44.